The first kappa shape index (κ1) is 28.5. The van der Waals surface area contributed by atoms with Crippen LogP contribution < -0.4 is 10.6 Å². The molecule has 4 aliphatic rings. The third kappa shape index (κ3) is 5.58. The van der Waals surface area contributed by atoms with Gasteiger partial charge in [-0.05, 0) is 100 Å². The van der Waals surface area contributed by atoms with Gasteiger partial charge >= 0.3 is 6.09 Å². The molecule has 1 aromatic carbocycles. The van der Waals surface area contributed by atoms with E-state index in [9.17, 15) is 24.0 Å². The van der Waals surface area contributed by atoms with Gasteiger partial charge in [-0.1, -0.05) is 0 Å². The van der Waals surface area contributed by atoms with Crippen LogP contribution in [0.1, 0.15) is 64.9 Å². The van der Waals surface area contributed by atoms with Gasteiger partial charge < -0.3 is 25.3 Å². The van der Waals surface area contributed by atoms with Crippen LogP contribution in [-0.4, -0.2) is 58.2 Å². The fourth-order valence-electron chi connectivity index (χ4n) is 8.14. The summed E-state index contributed by atoms with van der Waals surface area (Å²) in [7, 11) is 0. The second-order valence-electron chi connectivity index (χ2n) is 13.8. The molecule has 1 aliphatic heterocycles. The maximum atomic E-state index is 14.2. The Hall–Kier alpha value is -3.61. The van der Waals surface area contributed by atoms with Crippen LogP contribution in [0.2, 0.25) is 0 Å². The second kappa shape index (κ2) is 10.9. The number of ether oxygens (including phenoxy) is 1. The van der Waals surface area contributed by atoms with E-state index in [4.69, 9.17) is 4.74 Å². The predicted molar refractivity (Wildman–Crippen MR) is 155 cm³/mol. The molecule has 0 radical (unpaired) electrons. The summed E-state index contributed by atoms with van der Waals surface area (Å²) in [4.78, 5) is 44.3. The zero-order chi connectivity index (χ0) is 29.8. The standard InChI is InChI=1S/C32H40FN5O4/c1-32(2,3)42-31(41)37-27(30(40)38-16-22(33)12-24(38)14-34)11-21-15-35-26-7-6-23(13-25(21)26)36-29(39)28-18-5-4-17-8-20(28)10-19(17)9-18/h6-7,13,15,17-20,22,24,27-28,35H,4-5,8-12,16H2,1-3H3,(H,36,39)(H,37,41)/t17?,18?,19?,20-,22?,24?,27-,28?/m0/s1. The van der Waals surface area contributed by atoms with Gasteiger partial charge in [0.1, 0.15) is 23.9 Å². The van der Waals surface area contributed by atoms with Crippen molar-refractivity contribution in [2.45, 2.75) is 89.6 Å². The Labute approximate surface area is 245 Å². The fraction of sp³-hybridized carbons (Fsp3) is 0.625. The van der Waals surface area contributed by atoms with Crippen molar-refractivity contribution in [3.8, 4) is 6.07 Å². The summed E-state index contributed by atoms with van der Waals surface area (Å²) in [6.45, 7) is 4.98. The molecule has 3 bridgehead atoms. The molecule has 4 fully saturated rings. The van der Waals surface area contributed by atoms with Gasteiger partial charge in [0, 0.05) is 41.5 Å². The van der Waals surface area contributed by atoms with Crippen molar-refractivity contribution in [3.63, 3.8) is 0 Å². The van der Waals surface area contributed by atoms with Crippen molar-refractivity contribution in [2.75, 3.05) is 11.9 Å². The van der Waals surface area contributed by atoms with E-state index in [1.54, 1.807) is 27.0 Å². The van der Waals surface area contributed by atoms with Crippen molar-refractivity contribution in [2.24, 2.45) is 29.6 Å². The van der Waals surface area contributed by atoms with Gasteiger partial charge in [-0.3, -0.25) is 9.59 Å². The van der Waals surface area contributed by atoms with E-state index < -0.39 is 35.9 Å². The Bertz CT molecular complexity index is 1420. The number of hydrogen-bond acceptors (Lipinski definition) is 5. The smallest absolute Gasteiger partial charge is 0.408 e. The fourth-order valence-corrected chi connectivity index (χ4v) is 8.14. The number of fused-ring (bicyclic) bond motifs is 3. The molecule has 3 aliphatic carbocycles. The number of rotatable bonds is 6. The maximum absolute atomic E-state index is 14.2. The van der Waals surface area contributed by atoms with Gasteiger partial charge in [0.25, 0.3) is 0 Å². The topological polar surface area (TPSA) is 127 Å². The first-order valence-corrected chi connectivity index (χ1v) is 15.2. The quantitative estimate of drug-likeness (QED) is 0.441. The number of carbonyl (C=O) groups excluding carboxylic acids is 3. The molecule has 2 heterocycles. The van der Waals surface area contributed by atoms with E-state index >= 15 is 0 Å². The summed E-state index contributed by atoms with van der Waals surface area (Å²) < 4.78 is 19.6. The lowest BCUT2D eigenvalue weighted by Gasteiger charge is -2.39. The lowest BCUT2D eigenvalue weighted by Crippen LogP contribution is -2.52. The van der Waals surface area contributed by atoms with Crippen molar-refractivity contribution in [3.05, 3.63) is 30.0 Å². The van der Waals surface area contributed by atoms with Gasteiger partial charge in [-0.15, -0.1) is 0 Å². The number of carbonyl (C=O) groups is 3. The third-order valence-corrected chi connectivity index (χ3v) is 9.84. The average molecular weight is 578 g/mol. The Morgan fingerprint density at radius 2 is 1.86 bits per heavy atom. The number of nitriles is 1. The average Bonchev–Trinajstić information content (AvgIpc) is 3.57. The summed E-state index contributed by atoms with van der Waals surface area (Å²) in [5.74, 6) is 2.17. The normalized spacial score (nSPS) is 30.6. The van der Waals surface area contributed by atoms with Crippen LogP contribution in [0.25, 0.3) is 10.9 Å². The van der Waals surface area contributed by atoms with Crippen LogP contribution in [-0.2, 0) is 20.7 Å². The van der Waals surface area contributed by atoms with Crippen LogP contribution in [0.15, 0.2) is 24.4 Å². The first-order valence-electron chi connectivity index (χ1n) is 15.2. The van der Waals surface area contributed by atoms with Crippen molar-refractivity contribution < 1.29 is 23.5 Å². The van der Waals surface area contributed by atoms with Crippen LogP contribution in [0.5, 0.6) is 0 Å². The molecule has 42 heavy (non-hydrogen) atoms. The number of aromatic amines is 1. The molecule has 3 saturated carbocycles. The third-order valence-electron chi connectivity index (χ3n) is 9.84. The molecule has 8 atom stereocenters. The summed E-state index contributed by atoms with van der Waals surface area (Å²) >= 11 is 0. The highest BCUT2D eigenvalue weighted by Gasteiger charge is 2.52. The predicted octanol–water partition coefficient (Wildman–Crippen LogP) is 5.08. The molecule has 9 nitrogen and oxygen atoms in total. The molecule has 1 aromatic heterocycles. The second-order valence-corrected chi connectivity index (χ2v) is 13.8. The number of alkyl carbamates (subject to hydrolysis) is 1. The molecule has 6 unspecified atom stereocenters. The molecule has 6 rings (SSSR count). The van der Waals surface area contributed by atoms with Crippen LogP contribution in [0, 0.1) is 40.9 Å². The minimum Gasteiger partial charge on any atom is -0.444 e. The highest BCUT2D eigenvalue weighted by atomic mass is 19.1. The summed E-state index contributed by atoms with van der Waals surface area (Å²) in [5.41, 5.74) is 1.47. The largest absolute Gasteiger partial charge is 0.444 e. The number of amides is 3. The van der Waals surface area contributed by atoms with Crippen LogP contribution in [0.3, 0.4) is 0 Å². The summed E-state index contributed by atoms with van der Waals surface area (Å²) in [6.07, 6.45) is 5.66. The van der Waals surface area contributed by atoms with E-state index in [-0.39, 0.29) is 31.2 Å². The number of nitrogens with one attached hydrogen (secondary N) is 3. The minimum absolute atomic E-state index is 0.0540. The maximum Gasteiger partial charge on any atom is 0.408 e. The van der Waals surface area contributed by atoms with Crippen LogP contribution in [0.4, 0.5) is 14.9 Å². The summed E-state index contributed by atoms with van der Waals surface area (Å²) in [6, 6.07) is 5.70. The van der Waals surface area contributed by atoms with Gasteiger partial charge in [0.05, 0.1) is 12.6 Å². The van der Waals surface area contributed by atoms with Crippen molar-refractivity contribution >= 4 is 34.5 Å². The van der Waals surface area contributed by atoms with Gasteiger partial charge in [0.15, 0.2) is 0 Å². The minimum atomic E-state index is -1.30. The van der Waals surface area contributed by atoms with Crippen LogP contribution >= 0.6 is 0 Å². The van der Waals surface area contributed by atoms with Gasteiger partial charge in [-0.25, -0.2) is 9.18 Å². The van der Waals surface area contributed by atoms with Crippen molar-refractivity contribution in [1.29, 1.82) is 5.26 Å². The van der Waals surface area contributed by atoms with Gasteiger partial charge in [-0.2, -0.15) is 5.26 Å². The van der Waals surface area contributed by atoms with Gasteiger partial charge in [0.2, 0.25) is 11.8 Å². The molecular weight excluding hydrogens is 537 g/mol. The number of hydrogen-bond donors (Lipinski definition) is 3. The SMILES string of the molecule is CC(C)(C)OC(=O)N[C@@H](Cc1c[nH]c2ccc(NC(=O)C3C4CCC5C[C@H]3CC5C4)cc12)C(=O)N1CC(F)CC1C#N. The highest BCUT2D eigenvalue weighted by Crippen LogP contribution is 2.57. The van der Waals surface area contributed by atoms with E-state index in [1.807, 2.05) is 24.3 Å². The zero-order valence-corrected chi connectivity index (χ0v) is 24.5. The number of aromatic nitrogens is 1. The lowest BCUT2D eigenvalue weighted by molar-refractivity contribution is -0.133. The molecule has 3 N–H and O–H groups in total. The Morgan fingerprint density at radius 3 is 2.62 bits per heavy atom. The molecule has 2 aromatic rings. The molecule has 0 spiro atoms. The molecule has 224 valence electrons. The van der Waals surface area contributed by atoms with E-state index in [1.165, 1.54) is 30.6 Å². The lowest BCUT2D eigenvalue weighted by atomic mass is 9.66. The zero-order valence-electron chi connectivity index (χ0n) is 24.5. The number of nitrogens with zero attached hydrogens (tertiary/aromatic N) is 2. The van der Waals surface area contributed by atoms with E-state index in [0.29, 0.717) is 17.5 Å². The van der Waals surface area contributed by atoms with Crippen molar-refractivity contribution in [1.82, 2.24) is 15.2 Å². The Balaban J connectivity index is 1.22. The monoisotopic (exact) mass is 577 g/mol. The number of alkyl halides is 1. The molecule has 1 saturated heterocycles. The molecule has 3 amide bonds. The van der Waals surface area contributed by atoms with E-state index in [0.717, 1.165) is 34.7 Å². The van der Waals surface area contributed by atoms with E-state index in [2.05, 4.69) is 15.6 Å². The number of benzene rings is 1. The molecule has 10 heteroatoms. The highest BCUT2D eigenvalue weighted by molar-refractivity contribution is 5.96. The Morgan fingerprint density at radius 1 is 1.12 bits per heavy atom. The number of H-pyrrole nitrogens is 1. The summed E-state index contributed by atoms with van der Waals surface area (Å²) in [5, 5.41) is 16.2. The number of anilines is 1. The Kier molecular flexibility index (Phi) is 7.40. The molecular formula is C32H40FN5O4. The first-order chi connectivity index (χ1) is 20.0. The number of likely N-dealkylation sites (tertiary alicyclic amines) is 1. The number of halogens is 1.